The molecule has 0 radical (unpaired) electrons. The van der Waals surface area contributed by atoms with Crippen LogP contribution >= 0.6 is 0 Å². The molecule has 3 aromatic rings. The first-order chi connectivity index (χ1) is 15.6. The van der Waals surface area contributed by atoms with E-state index in [9.17, 15) is 4.79 Å². The fraction of sp³-hybridized carbons (Fsp3) is 0.375. The molecule has 2 aromatic carbocycles. The maximum Gasteiger partial charge on any atom is 0.246 e. The second-order valence-corrected chi connectivity index (χ2v) is 7.92. The molecule has 2 heterocycles. The Labute approximate surface area is 187 Å². The van der Waals surface area contributed by atoms with Gasteiger partial charge in [-0.3, -0.25) is 4.79 Å². The van der Waals surface area contributed by atoms with Crippen molar-refractivity contribution in [3.05, 3.63) is 53.9 Å². The molecule has 8 heteroatoms. The van der Waals surface area contributed by atoms with Gasteiger partial charge in [-0.2, -0.15) is 4.98 Å². The highest BCUT2D eigenvalue weighted by atomic mass is 16.5. The molecule has 1 aliphatic rings. The third-order valence-corrected chi connectivity index (χ3v) is 5.71. The summed E-state index contributed by atoms with van der Waals surface area (Å²) in [6, 6.07) is 13.8. The standard InChI is InChI=1S/C24H28N4O4/c1-16-6-9-19(10-7-16)28-12-4-5-18(15-28)24(29)25-14-22-26-23(27-32-22)17-8-11-20(30-2)21(13-17)31-3/h6-11,13,18H,4-5,12,14-15H2,1-3H3,(H,25,29). The van der Waals surface area contributed by atoms with Crippen molar-refractivity contribution in [2.45, 2.75) is 26.3 Å². The second-order valence-electron chi connectivity index (χ2n) is 7.92. The van der Waals surface area contributed by atoms with E-state index >= 15 is 0 Å². The lowest BCUT2D eigenvalue weighted by Gasteiger charge is -2.33. The third kappa shape index (κ3) is 4.85. The van der Waals surface area contributed by atoms with E-state index in [1.54, 1.807) is 26.4 Å². The Hall–Kier alpha value is -3.55. The number of carbonyl (C=O) groups is 1. The van der Waals surface area contributed by atoms with Crippen LogP contribution in [0.4, 0.5) is 5.69 Å². The number of amides is 1. The number of piperidine rings is 1. The molecule has 168 valence electrons. The van der Waals surface area contributed by atoms with Crippen LogP contribution in [0, 0.1) is 12.8 Å². The second kappa shape index (κ2) is 9.72. The number of nitrogens with zero attached hydrogens (tertiary/aromatic N) is 3. The minimum atomic E-state index is -0.0710. The van der Waals surface area contributed by atoms with E-state index in [1.807, 2.05) is 6.07 Å². The van der Waals surface area contributed by atoms with E-state index in [4.69, 9.17) is 14.0 Å². The molecule has 4 rings (SSSR count). The molecular weight excluding hydrogens is 408 g/mol. The Kier molecular flexibility index (Phi) is 6.58. The molecule has 1 atom stereocenters. The number of ether oxygens (including phenoxy) is 2. The summed E-state index contributed by atoms with van der Waals surface area (Å²) in [5.41, 5.74) is 3.13. The van der Waals surface area contributed by atoms with Crippen molar-refractivity contribution in [3.8, 4) is 22.9 Å². The summed E-state index contributed by atoms with van der Waals surface area (Å²) in [4.78, 5) is 19.4. The van der Waals surface area contributed by atoms with Gasteiger partial charge in [0.25, 0.3) is 0 Å². The number of hydrogen-bond acceptors (Lipinski definition) is 7. The predicted octanol–water partition coefficient (Wildman–Crippen LogP) is 3.60. The summed E-state index contributed by atoms with van der Waals surface area (Å²) in [5, 5.41) is 6.97. The lowest BCUT2D eigenvalue weighted by atomic mass is 9.96. The van der Waals surface area contributed by atoms with Crippen molar-refractivity contribution in [1.29, 1.82) is 0 Å². The number of carbonyl (C=O) groups excluding carboxylic acids is 1. The molecular formula is C24H28N4O4. The van der Waals surface area contributed by atoms with Crippen LogP contribution in [0.25, 0.3) is 11.4 Å². The van der Waals surface area contributed by atoms with Crippen LogP contribution in [0.2, 0.25) is 0 Å². The number of rotatable bonds is 7. The topological polar surface area (TPSA) is 89.7 Å². The highest BCUT2D eigenvalue weighted by Gasteiger charge is 2.26. The predicted molar refractivity (Wildman–Crippen MR) is 121 cm³/mol. The first kappa shape index (κ1) is 21.7. The van der Waals surface area contributed by atoms with Gasteiger partial charge in [-0.05, 0) is 50.1 Å². The quantitative estimate of drug-likeness (QED) is 0.605. The fourth-order valence-electron chi connectivity index (χ4n) is 3.91. The molecule has 0 spiro atoms. The van der Waals surface area contributed by atoms with Crippen molar-refractivity contribution in [1.82, 2.24) is 15.5 Å². The maximum absolute atomic E-state index is 12.8. The Balaban J connectivity index is 1.35. The van der Waals surface area contributed by atoms with Crippen LogP contribution in [0.5, 0.6) is 11.5 Å². The SMILES string of the molecule is COc1ccc(-c2noc(CNC(=O)C3CCCN(c4ccc(C)cc4)C3)n2)cc1OC. The van der Waals surface area contributed by atoms with Crippen molar-refractivity contribution in [2.24, 2.45) is 5.92 Å². The van der Waals surface area contributed by atoms with Gasteiger partial charge in [-0.25, -0.2) is 0 Å². The van der Waals surface area contributed by atoms with Crippen LogP contribution in [-0.2, 0) is 11.3 Å². The smallest absolute Gasteiger partial charge is 0.246 e. The van der Waals surface area contributed by atoms with Gasteiger partial charge in [0.05, 0.1) is 26.7 Å². The van der Waals surface area contributed by atoms with Crippen molar-refractivity contribution < 1.29 is 18.8 Å². The van der Waals surface area contributed by atoms with E-state index in [0.717, 1.165) is 30.6 Å². The molecule has 1 amide bonds. The van der Waals surface area contributed by atoms with Gasteiger partial charge >= 0.3 is 0 Å². The number of methoxy groups -OCH3 is 2. The lowest BCUT2D eigenvalue weighted by molar-refractivity contribution is -0.125. The Morgan fingerprint density at radius 2 is 1.94 bits per heavy atom. The van der Waals surface area contributed by atoms with Crippen LogP contribution in [-0.4, -0.2) is 43.4 Å². The van der Waals surface area contributed by atoms with Gasteiger partial charge in [0.1, 0.15) is 0 Å². The number of nitrogens with one attached hydrogen (secondary N) is 1. The lowest BCUT2D eigenvalue weighted by Crippen LogP contribution is -2.43. The van der Waals surface area contributed by atoms with Gasteiger partial charge in [0.2, 0.25) is 17.6 Å². The summed E-state index contributed by atoms with van der Waals surface area (Å²) in [6.07, 6.45) is 1.85. The van der Waals surface area contributed by atoms with E-state index in [-0.39, 0.29) is 18.4 Å². The molecule has 8 nitrogen and oxygen atoms in total. The first-order valence-corrected chi connectivity index (χ1v) is 10.7. The minimum Gasteiger partial charge on any atom is -0.493 e. The van der Waals surface area contributed by atoms with Gasteiger partial charge < -0.3 is 24.2 Å². The number of benzene rings is 2. The summed E-state index contributed by atoms with van der Waals surface area (Å²) in [5.74, 6) is 1.93. The van der Waals surface area contributed by atoms with Crippen LogP contribution in [0.3, 0.4) is 0 Å². The highest BCUT2D eigenvalue weighted by molar-refractivity contribution is 5.79. The van der Waals surface area contributed by atoms with E-state index in [1.165, 1.54) is 5.56 Å². The van der Waals surface area contributed by atoms with Crippen LogP contribution < -0.4 is 19.7 Å². The zero-order valence-electron chi connectivity index (χ0n) is 18.6. The van der Waals surface area contributed by atoms with Crippen LogP contribution in [0.1, 0.15) is 24.3 Å². The molecule has 0 aliphatic carbocycles. The van der Waals surface area contributed by atoms with E-state index in [0.29, 0.717) is 29.8 Å². The molecule has 1 fully saturated rings. The van der Waals surface area contributed by atoms with Gasteiger partial charge in [0.15, 0.2) is 11.5 Å². The molecule has 0 saturated carbocycles. The minimum absolute atomic E-state index is 0.00711. The Morgan fingerprint density at radius 1 is 1.16 bits per heavy atom. The fourth-order valence-corrected chi connectivity index (χ4v) is 3.91. The molecule has 0 bridgehead atoms. The van der Waals surface area contributed by atoms with Gasteiger partial charge in [-0.15, -0.1) is 0 Å². The van der Waals surface area contributed by atoms with Crippen molar-refractivity contribution in [3.63, 3.8) is 0 Å². The molecule has 1 aliphatic heterocycles. The molecule has 1 aromatic heterocycles. The number of anilines is 1. The average Bonchev–Trinajstić information content (AvgIpc) is 3.31. The van der Waals surface area contributed by atoms with E-state index in [2.05, 4.69) is 51.5 Å². The summed E-state index contributed by atoms with van der Waals surface area (Å²) in [7, 11) is 3.16. The van der Waals surface area contributed by atoms with Gasteiger partial charge in [0, 0.05) is 24.3 Å². The Bertz CT molecular complexity index is 1060. The molecule has 32 heavy (non-hydrogen) atoms. The van der Waals surface area contributed by atoms with Crippen molar-refractivity contribution >= 4 is 11.6 Å². The normalized spacial score (nSPS) is 16.0. The monoisotopic (exact) mass is 436 g/mol. The average molecular weight is 437 g/mol. The van der Waals surface area contributed by atoms with Gasteiger partial charge in [-0.1, -0.05) is 22.9 Å². The summed E-state index contributed by atoms with van der Waals surface area (Å²) in [6.45, 7) is 3.94. The largest absolute Gasteiger partial charge is 0.493 e. The third-order valence-electron chi connectivity index (χ3n) is 5.71. The Morgan fingerprint density at radius 3 is 2.69 bits per heavy atom. The molecule has 1 N–H and O–H groups in total. The highest BCUT2D eigenvalue weighted by Crippen LogP contribution is 2.31. The molecule has 1 saturated heterocycles. The van der Waals surface area contributed by atoms with Crippen molar-refractivity contribution in [2.75, 3.05) is 32.2 Å². The number of aryl methyl sites for hydroxylation is 1. The van der Waals surface area contributed by atoms with Crippen LogP contribution in [0.15, 0.2) is 47.0 Å². The maximum atomic E-state index is 12.8. The number of hydrogen-bond donors (Lipinski definition) is 1. The summed E-state index contributed by atoms with van der Waals surface area (Å²) >= 11 is 0. The van der Waals surface area contributed by atoms with E-state index < -0.39 is 0 Å². The zero-order chi connectivity index (χ0) is 22.5. The zero-order valence-corrected chi connectivity index (χ0v) is 18.6. The summed E-state index contributed by atoms with van der Waals surface area (Å²) < 4.78 is 15.9. The molecule has 1 unspecified atom stereocenters. The number of aromatic nitrogens is 2. The first-order valence-electron chi connectivity index (χ1n) is 10.7.